The van der Waals surface area contributed by atoms with Crippen molar-refractivity contribution < 1.29 is 9.47 Å². The number of methoxy groups -OCH3 is 1. The number of para-hydroxylation sites is 2. The maximum absolute atomic E-state index is 5.94. The lowest BCUT2D eigenvalue weighted by Gasteiger charge is -2.17. The van der Waals surface area contributed by atoms with E-state index in [0.29, 0.717) is 19.1 Å². The Morgan fingerprint density at radius 3 is 2.43 bits per heavy atom. The monoisotopic (exact) mass is 285 g/mol. The molecule has 0 amide bonds. The van der Waals surface area contributed by atoms with Gasteiger partial charge < -0.3 is 14.8 Å². The smallest absolute Gasteiger partial charge is 0.166 e. The van der Waals surface area contributed by atoms with Gasteiger partial charge in [0.1, 0.15) is 0 Å². The molecule has 0 saturated heterocycles. The maximum Gasteiger partial charge on any atom is 0.166 e. The number of hydrogen-bond donors (Lipinski definition) is 1. The summed E-state index contributed by atoms with van der Waals surface area (Å²) < 4.78 is 11.4. The summed E-state index contributed by atoms with van der Waals surface area (Å²) in [5.74, 6) is 2.09. The predicted molar refractivity (Wildman–Crippen MR) is 87.1 cm³/mol. The van der Waals surface area contributed by atoms with Crippen LogP contribution in [0.5, 0.6) is 11.5 Å². The Morgan fingerprint density at radius 1 is 1.00 bits per heavy atom. The van der Waals surface area contributed by atoms with Gasteiger partial charge in [0.2, 0.25) is 0 Å². The molecule has 2 rings (SSSR count). The molecule has 0 heterocycles. The minimum atomic E-state index is 0.477. The molecule has 0 saturated carbocycles. The van der Waals surface area contributed by atoms with Gasteiger partial charge in [-0.2, -0.15) is 0 Å². The van der Waals surface area contributed by atoms with Gasteiger partial charge in [0, 0.05) is 17.8 Å². The highest BCUT2D eigenvalue weighted by Gasteiger charge is 2.11. The molecule has 0 radical (unpaired) electrons. The van der Waals surface area contributed by atoms with Crippen molar-refractivity contribution in [2.75, 3.05) is 19.0 Å². The van der Waals surface area contributed by atoms with Crippen LogP contribution in [0, 0.1) is 5.92 Å². The van der Waals surface area contributed by atoms with Crippen LogP contribution in [0.2, 0.25) is 0 Å². The average Bonchev–Trinajstić information content (AvgIpc) is 2.51. The Morgan fingerprint density at radius 2 is 1.76 bits per heavy atom. The van der Waals surface area contributed by atoms with E-state index in [9.17, 15) is 0 Å². The first kappa shape index (κ1) is 15.2. The van der Waals surface area contributed by atoms with E-state index in [2.05, 4.69) is 37.4 Å². The molecule has 0 fully saturated rings. The van der Waals surface area contributed by atoms with Crippen molar-refractivity contribution in [3.63, 3.8) is 0 Å². The fraction of sp³-hybridized carbons (Fsp3) is 0.333. The Kier molecular flexibility index (Phi) is 5.50. The van der Waals surface area contributed by atoms with E-state index in [1.165, 1.54) is 0 Å². The Bertz CT molecular complexity index is 552. The second-order valence-electron chi connectivity index (χ2n) is 5.37. The van der Waals surface area contributed by atoms with E-state index in [1.54, 1.807) is 7.11 Å². The summed E-state index contributed by atoms with van der Waals surface area (Å²) in [5.41, 5.74) is 2.19. The van der Waals surface area contributed by atoms with Crippen molar-refractivity contribution in [1.29, 1.82) is 0 Å². The van der Waals surface area contributed by atoms with Crippen molar-refractivity contribution in [3.05, 3.63) is 54.1 Å². The predicted octanol–water partition coefficient (Wildman–Crippen LogP) is 4.34. The molecule has 0 aliphatic rings. The van der Waals surface area contributed by atoms with E-state index in [1.807, 2.05) is 30.3 Å². The largest absolute Gasteiger partial charge is 0.493 e. The first-order valence-corrected chi connectivity index (χ1v) is 7.28. The Hall–Kier alpha value is -2.16. The normalized spacial score (nSPS) is 10.5. The van der Waals surface area contributed by atoms with Crippen LogP contribution in [0.4, 0.5) is 5.69 Å². The average molecular weight is 285 g/mol. The molecule has 21 heavy (non-hydrogen) atoms. The number of rotatable bonds is 7. The van der Waals surface area contributed by atoms with Crippen molar-refractivity contribution in [3.8, 4) is 11.5 Å². The van der Waals surface area contributed by atoms with Gasteiger partial charge in [0.25, 0.3) is 0 Å². The minimum Gasteiger partial charge on any atom is -0.493 e. The van der Waals surface area contributed by atoms with Crippen molar-refractivity contribution in [2.45, 2.75) is 20.4 Å². The SMILES string of the molecule is COc1cccc(CNc2ccccc2)c1OCC(C)C. The zero-order chi connectivity index (χ0) is 15.1. The molecule has 0 unspecified atom stereocenters. The molecule has 0 aromatic heterocycles. The van der Waals surface area contributed by atoms with E-state index >= 15 is 0 Å². The highest BCUT2D eigenvalue weighted by Crippen LogP contribution is 2.32. The van der Waals surface area contributed by atoms with Crippen molar-refractivity contribution in [2.24, 2.45) is 5.92 Å². The summed E-state index contributed by atoms with van der Waals surface area (Å²) in [5, 5.41) is 3.40. The second-order valence-corrected chi connectivity index (χ2v) is 5.37. The molecule has 0 aliphatic carbocycles. The first-order valence-electron chi connectivity index (χ1n) is 7.28. The van der Waals surface area contributed by atoms with Crippen LogP contribution in [0.3, 0.4) is 0 Å². The third-order valence-electron chi connectivity index (χ3n) is 3.10. The summed E-state index contributed by atoms with van der Waals surface area (Å²) in [6.07, 6.45) is 0. The van der Waals surface area contributed by atoms with Crippen LogP contribution in [-0.4, -0.2) is 13.7 Å². The van der Waals surface area contributed by atoms with Gasteiger partial charge in [0.15, 0.2) is 11.5 Å². The lowest BCUT2D eigenvalue weighted by atomic mass is 10.1. The number of anilines is 1. The highest BCUT2D eigenvalue weighted by molar-refractivity contribution is 5.50. The van der Waals surface area contributed by atoms with Crippen LogP contribution in [-0.2, 0) is 6.54 Å². The molecular formula is C18H23NO2. The van der Waals surface area contributed by atoms with Crippen molar-refractivity contribution in [1.82, 2.24) is 0 Å². The molecule has 0 aliphatic heterocycles. The zero-order valence-corrected chi connectivity index (χ0v) is 12.9. The second kappa shape index (κ2) is 7.58. The third-order valence-corrected chi connectivity index (χ3v) is 3.10. The van der Waals surface area contributed by atoms with Gasteiger partial charge in [-0.1, -0.05) is 44.2 Å². The number of benzene rings is 2. The molecule has 3 heteroatoms. The fourth-order valence-electron chi connectivity index (χ4n) is 2.03. The Labute approximate surface area is 126 Å². The van der Waals surface area contributed by atoms with Crippen LogP contribution >= 0.6 is 0 Å². The van der Waals surface area contributed by atoms with Crippen LogP contribution < -0.4 is 14.8 Å². The molecule has 1 N–H and O–H groups in total. The highest BCUT2D eigenvalue weighted by atomic mass is 16.5. The van der Waals surface area contributed by atoms with E-state index in [-0.39, 0.29) is 0 Å². The van der Waals surface area contributed by atoms with Gasteiger partial charge in [-0.15, -0.1) is 0 Å². The van der Waals surface area contributed by atoms with E-state index in [0.717, 1.165) is 22.7 Å². The lowest BCUT2D eigenvalue weighted by Crippen LogP contribution is -2.09. The van der Waals surface area contributed by atoms with Crippen LogP contribution in [0.25, 0.3) is 0 Å². The van der Waals surface area contributed by atoms with Crippen LogP contribution in [0.15, 0.2) is 48.5 Å². The van der Waals surface area contributed by atoms with Gasteiger partial charge in [-0.3, -0.25) is 0 Å². The van der Waals surface area contributed by atoms with Gasteiger partial charge in [0.05, 0.1) is 13.7 Å². The summed E-state index contributed by atoms with van der Waals surface area (Å²) in [6.45, 7) is 5.65. The molecule has 2 aromatic rings. The molecule has 0 atom stereocenters. The Balaban J connectivity index is 2.13. The zero-order valence-electron chi connectivity index (χ0n) is 12.9. The summed E-state index contributed by atoms with van der Waals surface area (Å²) in [4.78, 5) is 0. The van der Waals surface area contributed by atoms with Gasteiger partial charge >= 0.3 is 0 Å². The topological polar surface area (TPSA) is 30.5 Å². The number of hydrogen-bond acceptors (Lipinski definition) is 3. The lowest BCUT2D eigenvalue weighted by molar-refractivity contribution is 0.254. The van der Waals surface area contributed by atoms with E-state index in [4.69, 9.17) is 9.47 Å². The summed E-state index contributed by atoms with van der Waals surface area (Å²) in [6, 6.07) is 16.1. The standard InChI is InChI=1S/C18H23NO2/c1-14(2)13-21-18-15(8-7-11-17(18)20-3)12-19-16-9-5-4-6-10-16/h4-11,14,19H,12-13H2,1-3H3. The fourth-order valence-corrected chi connectivity index (χ4v) is 2.03. The van der Waals surface area contributed by atoms with E-state index < -0.39 is 0 Å². The number of ether oxygens (including phenoxy) is 2. The number of nitrogens with one attached hydrogen (secondary N) is 1. The molecule has 0 spiro atoms. The van der Waals surface area contributed by atoms with Gasteiger partial charge in [-0.25, -0.2) is 0 Å². The molecular weight excluding hydrogens is 262 g/mol. The summed E-state index contributed by atoms with van der Waals surface area (Å²) in [7, 11) is 1.67. The maximum atomic E-state index is 5.94. The molecule has 112 valence electrons. The van der Waals surface area contributed by atoms with Crippen molar-refractivity contribution >= 4 is 5.69 Å². The first-order chi connectivity index (χ1) is 10.2. The minimum absolute atomic E-state index is 0.477. The summed E-state index contributed by atoms with van der Waals surface area (Å²) >= 11 is 0. The molecule has 2 aromatic carbocycles. The quantitative estimate of drug-likeness (QED) is 0.820. The van der Waals surface area contributed by atoms with Gasteiger partial charge in [-0.05, 0) is 24.1 Å². The van der Waals surface area contributed by atoms with Crippen LogP contribution in [0.1, 0.15) is 19.4 Å². The molecule has 3 nitrogen and oxygen atoms in total. The molecule has 0 bridgehead atoms. The third kappa shape index (κ3) is 4.42.